The fourth-order valence-electron chi connectivity index (χ4n) is 3.93. The molecule has 0 radical (unpaired) electrons. The lowest BCUT2D eigenvalue weighted by Crippen LogP contribution is -2.42. The molecule has 2 heterocycles. The van der Waals surface area contributed by atoms with E-state index in [1.165, 1.54) is 32.0 Å². The van der Waals surface area contributed by atoms with E-state index in [4.69, 9.17) is 0 Å². The average molecular weight is 318 g/mol. The van der Waals surface area contributed by atoms with Crippen LogP contribution in [0.15, 0.2) is 24.3 Å². The van der Waals surface area contributed by atoms with Crippen molar-refractivity contribution < 1.29 is 9.18 Å². The van der Waals surface area contributed by atoms with Crippen LogP contribution in [0.5, 0.6) is 0 Å². The lowest BCUT2D eigenvalue weighted by molar-refractivity contribution is -0.132. The van der Waals surface area contributed by atoms with Crippen LogP contribution in [0.4, 0.5) is 4.39 Å². The maximum atomic E-state index is 13.4. The van der Waals surface area contributed by atoms with Crippen molar-refractivity contribution in [1.82, 2.24) is 9.80 Å². The summed E-state index contributed by atoms with van der Waals surface area (Å²) in [6, 6.07) is 7.00. The molecule has 1 amide bonds. The number of likely N-dealkylation sites (tertiary alicyclic amines) is 2. The summed E-state index contributed by atoms with van der Waals surface area (Å²) in [5.41, 5.74) is 0.911. The van der Waals surface area contributed by atoms with E-state index in [1.807, 2.05) is 13.0 Å². The van der Waals surface area contributed by atoms with Crippen molar-refractivity contribution in [2.24, 2.45) is 0 Å². The van der Waals surface area contributed by atoms with Gasteiger partial charge in [0.1, 0.15) is 5.82 Å². The first kappa shape index (κ1) is 16.4. The van der Waals surface area contributed by atoms with Crippen molar-refractivity contribution in [3.05, 3.63) is 35.6 Å². The Balaban J connectivity index is 1.57. The van der Waals surface area contributed by atoms with Crippen molar-refractivity contribution >= 4 is 5.91 Å². The summed E-state index contributed by atoms with van der Waals surface area (Å²) in [5, 5.41) is 0. The maximum absolute atomic E-state index is 13.4. The molecule has 2 unspecified atom stereocenters. The number of carbonyl (C=O) groups excluding carboxylic acids is 1. The molecule has 4 heteroatoms. The summed E-state index contributed by atoms with van der Waals surface area (Å²) in [6.07, 6.45) is 5.28. The molecule has 126 valence electrons. The number of halogens is 1. The van der Waals surface area contributed by atoms with Crippen molar-refractivity contribution in [3.8, 4) is 0 Å². The van der Waals surface area contributed by atoms with Gasteiger partial charge in [-0.2, -0.15) is 0 Å². The number of nitrogens with zero attached hydrogens (tertiary/aromatic N) is 2. The summed E-state index contributed by atoms with van der Waals surface area (Å²) >= 11 is 0. The fraction of sp³-hybridized carbons (Fsp3) is 0.632. The third-order valence-electron chi connectivity index (χ3n) is 5.26. The van der Waals surface area contributed by atoms with Crippen LogP contribution in [-0.4, -0.2) is 47.9 Å². The Morgan fingerprint density at radius 1 is 1.26 bits per heavy atom. The highest BCUT2D eigenvalue weighted by atomic mass is 19.1. The number of amides is 1. The van der Waals surface area contributed by atoms with Crippen molar-refractivity contribution in [2.45, 2.75) is 51.0 Å². The first-order valence-electron chi connectivity index (χ1n) is 8.91. The molecule has 0 saturated carbocycles. The lowest BCUT2D eigenvalue weighted by atomic mass is 9.97. The van der Waals surface area contributed by atoms with Crippen LogP contribution in [0.3, 0.4) is 0 Å². The molecule has 2 aliphatic rings. The molecule has 0 bridgehead atoms. The maximum Gasteiger partial charge on any atom is 0.223 e. The third kappa shape index (κ3) is 4.11. The van der Waals surface area contributed by atoms with E-state index >= 15 is 0 Å². The predicted octanol–water partition coefficient (Wildman–Crippen LogP) is 3.41. The van der Waals surface area contributed by atoms with Crippen molar-refractivity contribution in [1.29, 1.82) is 0 Å². The SMILES string of the molecule is CC(CC(=O)N1CCCC1CN1CCCC1)c1cccc(F)c1. The predicted molar refractivity (Wildman–Crippen MR) is 89.8 cm³/mol. The zero-order valence-corrected chi connectivity index (χ0v) is 14.0. The van der Waals surface area contributed by atoms with Gasteiger partial charge in [-0.15, -0.1) is 0 Å². The molecule has 1 aromatic rings. The first-order chi connectivity index (χ1) is 11.1. The van der Waals surface area contributed by atoms with Gasteiger partial charge in [-0.3, -0.25) is 4.79 Å². The minimum Gasteiger partial charge on any atom is -0.338 e. The Morgan fingerprint density at radius 3 is 2.78 bits per heavy atom. The van der Waals surface area contributed by atoms with Gasteiger partial charge < -0.3 is 9.80 Å². The summed E-state index contributed by atoms with van der Waals surface area (Å²) < 4.78 is 13.4. The number of hydrogen-bond acceptors (Lipinski definition) is 2. The zero-order chi connectivity index (χ0) is 16.2. The monoisotopic (exact) mass is 318 g/mol. The highest BCUT2D eigenvalue weighted by molar-refractivity contribution is 5.77. The quantitative estimate of drug-likeness (QED) is 0.830. The molecule has 2 saturated heterocycles. The van der Waals surface area contributed by atoms with Crippen LogP contribution < -0.4 is 0 Å². The van der Waals surface area contributed by atoms with Crippen LogP contribution in [0.2, 0.25) is 0 Å². The standard InChI is InChI=1S/C19H27FN2O/c1-15(16-6-4-7-17(20)13-16)12-19(23)22-11-5-8-18(22)14-21-9-2-3-10-21/h4,6-7,13,15,18H,2-3,5,8-12,14H2,1H3. The molecular formula is C19H27FN2O. The average Bonchev–Trinajstić information content (AvgIpc) is 3.19. The molecule has 1 aromatic carbocycles. The highest BCUT2D eigenvalue weighted by Gasteiger charge is 2.31. The second-order valence-corrected chi connectivity index (χ2v) is 7.05. The van der Waals surface area contributed by atoms with Gasteiger partial charge in [0.25, 0.3) is 0 Å². The molecule has 0 spiro atoms. The van der Waals surface area contributed by atoms with E-state index < -0.39 is 0 Å². The second kappa shape index (κ2) is 7.43. The van der Waals surface area contributed by atoms with Crippen LogP contribution in [0, 0.1) is 5.82 Å². The molecule has 3 rings (SSSR count). The highest BCUT2D eigenvalue weighted by Crippen LogP contribution is 2.25. The van der Waals surface area contributed by atoms with E-state index in [-0.39, 0.29) is 17.6 Å². The van der Waals surface area contributed by atoms with Gasteiger partial charge in [0.15, 0.2) is 0 Å². The normalized spacial score (nSPS) is 23.4. The van der Waals surface area contributed by atoms with Crippen LogP contribution in [0.25, 0.3) is 0 Å². The van der Waals surface area contributed by atoms with E-state index in [0.717, 1.165) is 31.5 Å². The lowest BCUT2D eigenvalue weighted by Gasteiger charge is -2.29. The Hall–Kier alpha value is -1.42. The number of benzene rings is 1. The van der Waals surface area contributed by atoms with Gasteiger partial charge in [-0.1, -0.05) is 19.1 Å². The van der Waals surface area contributed by atoms with Crippen LogP contribution >= 0.6 is 0 Å². The molecule has 3 nitrogen and oxygen atoms in total. The van der Waals surface area contributed by atoms with E-state index in [1.54, 1.807) is 12.1 Å². The summed E-state index contributed by atoms with van der Waals surface area (Å²) in [5.74, 6) is 0.0598. The number of rotatable bonds is 5. The zero-order valence-electron chi connectivity index (χ0n) is 14.0. The van der Waals surface area contributed by atoms with E-state index in [2.05, 4.69) is 9.80 Å². The van der Waals surface area contributed by atoms with E-state index in [9.17, 15) is 9.18 Å². The number of carbonyl (C=O) groups is 1. The van der Waals surface area contributed by atoms with Gasteiger partial charge in [-0.25, -0.2) is 4.39 Å². The topological polar surface area (TPSA) is 23.6 Å². The van der Waals surface area contributed by atoms with Gasteiger partial charge in [-0.05, 0) is 62.4 Å². The summed E-state index contributed by atoms with van der Waals surface area (Å²) in [6.45, 7) is 6.28. The second-order valence-electron chi connectivity index (χ2n) is 7.05. The molecule has 0 N–H and O–H groups in total. The Kier molecular flexibility index (Phi) is 5.31. The Labute approximate surface area is 138 Å². The first-order valence-corrected chi connectivity index (χ1v) is 8.91. The molecule has 0 aromatic heterocycles. The van der Waals surface area contributed by atoms with Crippen LogP contribution in [0.1, 0.15) is 50.5 Å². The Morgan fingerprint density at radius 2 is 2.04 bits per heavy atom. The molecule has 2 atom stereocenters. The largest absolute Gasteiger partial charge is 0.338 e. The smallest absolute Gasteiger partial charge is 0.223 e. The van der Waals surface area contributed by atoms with Crippen molar-refractivity contribution in [2.75, 3.05) is 26.2 Å². The summed E-state index contributed by atoms with van der Waals surface area (Å²) in [7, 11) is 0. The van der Waals surface area contributed by atoms with Gasteiger partial charge >= 0.3 is 0 Å². The minimum absolute atomic E-state index is 0.0613. The van der Waals surface area contributed by atoms with Gasteiger partial charge in [0.2, 0.25) is 5.91 Å². The van der Waals surface area contributed by atoms with Crippen LogP contribution in [-0.2, 0) is 4.79 Å². The molecule has 2 aliphatic heterocycles. The molecule has 0 aliphatic carbocycles. The molecule has 23 heavy (non-hydrogen) atoms. The van der Waals surface area contributed by atoms with Gasteiger partial charge in [0, 0.05) is 25.6 Å². The minimum atomic E-state index is -0.227. The van der Waals surface area contributed by atoms with Gasteiger partial charge in [0.05, 0.1) is 0 Å². The fourth-order valence-corrected chi connectivity index (χ4v) is 3.93. The molecular weight excluding hydrogens is 291 g/mol. The van der Waals surface area contributed by atoms with E-state index in [0.29, 0.717) is 12.5 Å². The van der Waals surface area contributed by atoms with Crippen molar-refractivity contribution in [3.63, 3.8) is 0 Å². The Bertz CT molecular complexity index is 542. The number of hydrogen-bond donors (Lipinski definition) is 0. The summed E-state index contributed by atoms with van der Waals surface area (Å²) in [4.78, 5) is 17.3. The molecule has 2 fully saturated rings. The third-order valence-corrected chi connectivity index (χ3v) is 5.26.